The number of halogens is 1. The Kier molecular flexibility index (Phi) is 4.13. The van der Waals surface area contributed by atoms with E-state index in [1.54, 1.807) is 17.0 Å². The number of rotatable bonds is 2. The fourth-order valence-electron chi connectivity index (χ4n) is 2.55. The lowest BCUT2D eigenvalue weighted by Crippen LogP contribution is -2.53. The van der Waals surface area contributed by atoms with Crippen LogP contribution in [0.25, 0.3) is 0 Å². The summed E-state index contributed by atoms with van der Waals surface area (Å²) in [5, 5.41) is 11.5. The summed E-state index contributed by atoms with van der Waals surface area (Å²) in [5.41, 5.74) is 0.551. The molecule has 1 aromatic carbocycles. The molecule has 1 amide bonds. The number of benzene rings is 1. The molecule has 2 rings (SSSR count). The van der Waals surface area contributed by atoms with Crippen molar-refractivity contribution in [1.82, 2.24) is 4.90 Å². The van der Waals surface area contributed by atoms with Crippen LogP contribution in [0, 0.1) is 10.1 Å². The van der Waals surface area contributed by atoms with E-state index in [1.807, 2.05) is 11.8 Å². The minimum atomic E-state index is -0.427. The summed E-state index contributed by atoms with van der Waals surface area (Å²) < 4.78 is 0. The minimum Gasteiger partial charge on any atom is -0.362 e. The highest BCUT2D eigenvalue weighted by molar-refractivity contribution is 6.30. The van der Waals surface area contributed by atoms with Gasteiger partial charge in [-0.05, 0) is 19.1 Å². The van der Waals surface area contributed by atoms with Crippen molar-refractivity contribution in [2.24, 2.45) is 0 Å². The fourth-order valence-corrected chi connectivity index (χ4v) is 2.72. The Morgan fingerprint density at radius 3 is 2.70 bits per heavy atom. The molecular weight excluding hydrogens is 282 g/mol. The first-order chi connectivity index (χ1) is 9.40. The van der Waals surface area contributed by atoms with Crippen LogP contribution in [-0.2, 0) is 4.79 Å². The molecule has 1 aliphatic heterocycles. The van der Waals surface area contributed by atoms with Crippen molar-refractivity contribution in [2.45, 2.75) is 19.9 Å². The summed E-state index contributed by atoms with van der Waals surface area (Å²) in [4.78, 5) is 25.9. The molecule has 0 N–H and O–H groups in total. The molecular formula is C13H16ClN3O3. The average Bonchev–Trinajstić information content (AvgIpc) is 2.37. The van der Waals surface area contributed by atoms with Crippen molar-refractivity contribution in [3.8, 4) is 0 Å². The second-order valence-corrected chi connectivity index (χ2v) is 5.33. The lowest BCUT2D eigenvalue weighted by atomic mass is 10.1. The molecule has 0 bridgehead atoms. The van der Waals surface area contributed by atoms with E-state index < -0.39 is 4.92 Å². The molecule has 6 nitrogen and oxygen atoms in total. The average molecular weight is 298 g/mol. The number of nitro benzene ring substituents is 1. The molecule has 0 aromatic heterocycles. The van der Waals surface area contributed by atoms with E-state index in [4.69, 9.17) is 11.6 Å². The maximum absolute atomic E-state index is 11.5. The SMILES string of the molecule is CC(=O)N1CCN(c2ccc(Cl)cc2[N+](=O)[O-])C[C@@H]1C. The molecule has 0 unspecified atom stereocenters. The van der Waals surface area contributed by atoms with E-state index >= 15 is 0 Å². The van der Waals surface area contributed by atoms with Gasteiger partial charge in [-0.15, -0.1) is 0 Å². The number of nitro groups is 1. The maximum Gasteiger partial charge on any atom is 0.294 e. The number of carbonyl (C=O) groups is 1. The minimum absolute atomic E-state index is 0.000903. The van der Waals surface area contributed by atoms with Gasteiger partial charge in [0.2, 0.25) is 5.91 Å². The van der Waals surface area contributed by atoms with Crippen molar-refractivity contribution in [2.75, 3.05) is 24.5 Å². The Labute approximate surface area is 122 Å². The predicted molar refractivity (Wildman–Crippen MR) is 77.2 cm³/mol. The number of hydrogen-bond acceptors (Lipinski definition) is 4. The van der Waals surface area contributed by atoms with Gasteiger partial charge in [0, 0.05) is 43.7 Å². The molecule has 0 radical (unpaired) electrons. The predicted octanol–water partition coefficient (Wildman–Crippen LogP) is 2.31. The molecule has 1 aromatic rings. The lowest BCUT2D eigenvalue weighted by Gasteiger charge is -2.40. The zero-order valence-electron chi connectivity index (χ0n) is 11.4. The Bertz CT molecular complexity index is 550. The van der Waals surface area contributed by atoms with Gasteiger partial charge in [0.15, 0.2) is 0 Å². The van der Waals surface area contributed by atoms with E-state index in [0.717, 1.165) is 0 Å². The second-order valence-electron chi connectivity index (χ2n) is 4.90. The van der Waals surface area contributed by atoms with Crippen LogP contribution in [0.15, 0.2) is 18.2 Å². The largest absolute Gasteiger partial charge is 0.362 e. The molecule has 1 fully saturated rings. The number of amides is 1. The van der Waals surface area contributed by atoms with Gasteiger partial charge < -0.3 is 9.80 Å². The molecule has 0 aliphatic carbocycles. The Hall–Kier alpha value is -1.82. The third kappa shape index (κ3) is 2.85. The van der Waals surface area contributed by atoms with Crippen LogP contribution in [0.2, 0.25) is 5.02 Å². The summed E-state index contributed by atoms with van der Waals surface area (Å²) in [6.07, 6.45) is 0. The highest BCUT2D eigenvalue weighted by Crippen LogP contribution is 2.32. The zero-order valence-corrected chi connectivity index (χ0v) is 12.1. The van der Waals surface area contributed by atoms with Gasteiger partial charge in [-0.25, -0.2) is 0 Å². The third-order valence-corrected chi connectivity index (χ3v) is 3.74. The summed E-state index contributed by atoms with van der Waals surface area (Å²) >= 11 is 5.82. The number of nitrogens with zero attached hydrogens (tertiary/aromatic N) is 3. The second kappa shape index (κ2) is 5.66. The van der Waals surface area contributed by atoms with E-state index in [-0.39, 0.29) is 17.6 Å². The molecule has 0 spiro atoms. The van der Waals surface area contributed by atoms with Crippen LogP contribution in [0.3, 0.4) is 0 Å². The standard InChI is InChI=1S/C13H16ClN3O3/c1-9-8-15(5-6-16(9)10(2)18)12-4-3-11(14)7-13(12)17(19)20/h3-4,7,9H,5-6,8H2,1-2H3/t9-/m0/s1. The molecule has 1 saturated heterocycles. The van der Waals surface area contributed by atoms with Crippen molar-refractivity contribution < 1.29 is 9.72 Å². The Morgan fingerprint density at radius 2 is 2.15 bits per heavy atom. The lowest BCUT2D eigenvalue weighted by molar-refractivity contribution is -0.384. The quantitative estimate of drug-likeness (QED) is 0.620. The fraction of sp³-hybridized carbons (Fsp3) is 0.462. The highest BCUT2D eigenvalue weighted by atomic mass is 35.5. The molecule has 1 atom stereocenters. The smallest absolute Gasteiger partial charge is 0.294 e. The molecule has 7 heteroatoms. The molecule has 1 heterocycles. The summed E-state index contributed by atoms with van der Waals surface area (Å²) in [7, 11) is 0. The van der Waals surface area contributed by atoms with Crippen molar-refractivity contribution in [3.05, 3.63) is 33.3 Å². The van der Waals surface area contributed by atoms with Crippen LogP contribution in [0.4, 0.5) is 11.4 Å². The molecule has 1 aliphatic rings. The number of carbonyl (C=O) groups excluding carboxylic acids is 1. The Balaban J connectivity index is 2.26. The summed E-state index contributed by atoms with van der Waals surface area (Å²) in [6, 6.07) is 4.69. The topological polar surface area (TPSA) is 66.7 Å². The van der Waals surface area contributed by atoms with Crippen LogP contribution in [0.1, 0.15) is 13.8 Å². The Morgan fingerprint density at radius 1 is 1.45 bits per heavy atom. The van der Waals surface area contributed by atoms with Gasteiger partial charge >= 0.3 is 0 Å². The summed E-state index contributed by atoms with van der Waals surface area (Å²) in [5.74, 6) is 0.0303. The first kappa shape index (κ1) is 14.6. The zero-order chi connectivity index (χ0) is 14.9. The number of piperazine rings is 1. The van der Waals surface area contributed by atoms with Gasteiger partial charge in [-0.3, -0.25) is 14.9 Å². The van der Waals surface area contributed by atoms with Crippen molar-refractivity contribution >= 4 is 28.9 Å². The van der Waals surface area contributed by atoms with Gasteiger partial charge in [0.1, 0.15) is 5.69 Å². The van der Waals surface area contributed by atoms with Crippen LogP contribution in [0.5, 0.6) is 0 Å². The van der Waals surface area contributed by atoms with E-state index in [0.29, 0.717) is 30.3 Å². The maximum atomic E-state index is 11.5. The normalized spacial score (nSPS) is 19.1. The van der Waals surface area contributed by atoms with Crippen molar-refractivity contribution in [3.63, 3.8) is 0 Å². The van der Waals surface area contributed by atoms with E-state index in [2.05, 4.69) is 0 Å². The third-order valence-electron chi connectivity index (χ3n) is 3.51. The monoisotopic (exact) mass is 297 g/mol. The molecule has 20 heavy (non-hydrogen) atoms. The van der Waals surface area contributed by atoms with E-state index in [1.165, 1.54) is 13.0 Å². The van der Waals surface area contributed by atoms with Gasteiger partial charge in [0.05, 0.1) is 4.92 Å². The van der Waals surface area contributed by atoms with Crippen molar-refractivity contribution in [1.29, 1.82) is 0 Å². The first-order valence-electron chi connectivity index (χ1n) is 6.36. The van der Waals surface area contributed by atoms with Crippen LogP contribution >= 0.6 is 11.6 Å². The van der Waals surface area contributed by atoms with Gasteiger partial charge in [-0.1, -0.05) is 11.6 Å². The molecule has 0 saturated carbocycles. The van der Waals surface area contributed by atoms with Gasteiger partial charge in [-0.2, -0.15) is 0 Å². The van der Waals surface area contributed by atoms with Crippen LogP contribution in [-0.4, -0.2) is 41.4 Å². The van der Waals surface area contributed by atoms with Crippen LogP contribution < -0.4 is 4.90 Å². The highest BCUT2D eigenvalue weighted by Gasteiger charge is 2.29. The van der Waals surface area contributed by atoms with Gasteiger partial charge in [0.25, 0.3) is 5.69 Å². The summed E-state index contributed by atoms with van der Waals surface area (Å²) in [6.45, 7) is 5.19. The molecule has 108 valence electrons. The number of anilines is 1. The first-order valence-corrected chi connectivity index (χ1v) is 6.74. The van der Waals surface area contributed by atoms with E-state index in [9.17, 15) is 14.9 Å². The number of hydrogen-bond donors (Lipinski definition) is 0.